The van der Waals surface area contributed by atoms with E-state index in [-0.39, 0.29) is 18.7 Å². The molecule has 1 atom stereocenters. The van der Waals surface area contributed by atoms with Gasteiger partial charge in [-0.15, -0.1) is 0 Å². The summed E-state index contributed by atoms with van der Waals surface area (Å²) in [6.07, 6.45) is 4.93. The van der Waals surface area contributed by atoms with E-state index in [2.05, 4.69) is 0 Å². The summed E-state index contributed by atoms with van der Waals surface area (Å²) in [6.45, 7) is 1.61. The van der Waals surface area contributed by atoms with Crippen molar-refractivity contribution in [2.45, 2.75) is 44.6 Å². The van der Waals surface area contributed by atoms with E-state index in [0.717, 1.165) is 25.9 Å². The Bertz CT molecular complexity index is 248. The SMILES string of the molecule is N[C@@H](CCC(=O)N1CCCCCC1)C(=O)O. The van der Waals surface area contributed by atoms with Crippen LogP contribution in [-0.4, -0.2) is 41.0 Å². The van der Waals surface area contributed by atoms with Crippen molar-refractivity contribution < 1.29 is 14.7 Å². The van der Waals surface area contributed by atoms with Crippen LogP contribution in [0.2, 0.25) is 0 Å². The Balaban J connectivity index is 2.30. The monoisotopic (exact) mass is 228 g/mol. The Morgan fingerprint density at radius 3 is 2.25 bits per heavy atom. The van der Waals surface area contributed by atoms with Gasteiger partial charge >= 0.3 is 5.97 Å². The second-order valence-corrected chi connectivity index (χ2v) is 4.28. The summed E-state index contributed by atoms with van der Waals surface area (Å²) in [5.74, 6) is -0.998. The molecule has 1 heterocycles. The summed E-state index contributed by atoms with van der Waals surface area (Å²) in [5, 5.41) is 8.60. The van der Waals surface area contributed by atoms with Crippen LogP contribution in [0.25, 0.3) is 0 Å². The minimum atomic E-state index is -1.04. The molecule has 1 fully saturated rings. The van der Waals surface area contributed by atoms with Gasteiger partial charge < -0.3 is 15.7 Å². The molecule has 0 radical (unpaired) electrons. The van der Waals surface area contributed by atoms with E-state index in [1.54, 1.807) is 0 Å². The predicted molar refractivity (Wildman–Crippen MR) is 59.9 cm³/mol. The number of amides is 1. The molecule has 1 rings (SSSR count). The summed E-state index contributed by atoms with van der Waals surface area (Å²) in [4.78, 5) is 24.1. The molecular formula is C11H20N2O3. The zero-order chi connectivity index (χ0) is 12.0. The number of likely N-dealkylation sites (tertiary alicyclic amines) is 1. The van der Waals surface area contributed by atoms with Crippen molar-refractivity contribution in [3.8, 4) is 0 Å². The number of hydrogen-bond acceptors (Lipinski definition) is 3. The van der Waals surface area contributed by atoms with E-state index in [1.807, 2.05) is 4.90 Å². The Hall–Kier alpha value is -1.10. The number of hydrogen-bond donors (Lipinski definition) is 2. The summed E-state index contributed by atoms with van der Waals surface area (Å²) in [5.41, 5.74) is 5.35. The molecular weight excluding hydrogens is 208 g/mol. The quantitative estimate of drug-likeness (QED) is 0.737. The van der Waals surface area contributed by atoms with E-state index in [1.165, 1.54) is 12.8 Å². The highest BCUT2D eigenvalue weighted by Crippen LogP contribution is 2.11. The third-order valence-electron chi connectivity index (χ3n) is 2.95. The lowest BCUT2D eigenvalue weighted by atomic mass is 10.1. The van der Waals surface area contributed by atoms with E-state index in [9.17, 15) is 9.59 Å². The first-order valence-electron chi connectivity index (χ1n) is 5.87. The van der Waals surface area contributed by atoms with E-state index < -0.39 is 12.0 Å². The first-order valence-corrected chi connectivity index (χ1v) is 5.87. The Kier molecular flexibility index (Phi) is 5.25. The molecule has 0 bridgehead atoms. The van der Waals surface area contributed by atoms with Gasteiger partial charge in [-0.2, -0.15) is 0 Å². The van der Waals surface area contributed by atoms with Crippen molar-refractivity contribution in [3.05, 3.63) is 0 Å². The van der Waals surface area contributed by atoms with Gasteiger partial charge in [-0.3, -0.25) is 9.59 Å². The van der Waals surface area contributed by atoms with Crippen LogP contribution < -0.4 is 5.73 Å². The normalized spacial score (nSPS) is 18.9. The molecule has 0 unspecified atom stereocenters. The third-order valence-corrected chi connectivity index (χ3v) is 2.95. The molecule has 5 heteroatoms. The molecule has 5 nitrogen and oxygen atoms in total. The number of carboxylic acid groups (broad SMARTS) is 1. The number of aliphatic carboxylic acids is 1. The molecule has 1 amide bonds. The van der Waals surface area contributed by atoms with Crippen LogP contribution in [0.5, 0.6) is 0 Å². The minimum absolute atomic E-state index is 0.0404. The van der Waals surface area contributed by atoms with Gasteiger partial charge in [0.25, 0.3) is 0 Å². The van der Waals surface area contributed by atoms with Crippen LogP contribution in [0.4, 0.5) is 0 Å². The lowest BCUT2D eigenvalue weighted by Crippen LogP contribution is -2.35. The molecule has 3 N–H and O–H groups in total. The molecule has 1 aliphatic heterocycles. The zero-order valence-electron chi connectivity index (χ0n) is 9.52. The van der Waals surface area contributed by atoms with E-state index >= 15 is 0 Å². The van der Waals surface area contributed by atoms with Crippen LogP contribution in [0.1, 0.15) is 38.5 Å². The fourth-order valence-corrected chi connectivity index (χ4v) is 1.88. The highest BCUT2D eigenvalue weighted by Gasteiger charge is 2.18. The first-order chi connectivity index (χ1) is 7.61. The molecule has 0 aromatic carbocycles. The number of carbonyl (C=O) groups is 2. The maximum atomic E-state index is 11.8. The molecule has 1 aliphatic rings. The molecule has 16 heavy (non-hydrogen) atoms. The van der Waals surface area contributed by atoms with Crippen molar-refractivity contribution in [2.24, 2.45) is 5.73 Å². The molecule has 1 saturated heterocycles. The maximum Gasteiger partial charge on any atom is 0.320 e. The topological polar surface area (TPSA) is 83.6 Å². The molecule has 0 aromatic heterocycles. The van der Waals surface area contributed by atoms with Crippen molar-refractivity contribution in [1.29, 1.82) is 0 Å². The fraction of sp³-hybridized carbons (Fsp3) is 0.818. The summed E-state index contributed by atoms with van der Waals surface area (Å²) >= 11 is 0. The highest BCUT2D eigenvalue weighted by atomic mass is 16.4. The number of carbonyl (C=O) groups excluding carboxylic acids is 1. The van der Waals surface area contributed by atoms with E-state index in [0.29, 0.717) is 0 Å². The lowest BCUT2D eigenvalue weighted by molar-refractivity contribution is -0.139. The van der Waals surface area contributed by atoms with Gasteiger partial charge in [0.15, 0.2) is 0 Å². The largest absolute Gasteiger partial charge is 0.480 e. The Morgan fingerprint density at radius 1 is 1.19 bits per heavy atom. The van der Waals surface area contributed by atoms with Crippen molar-refractivity contribution in [3.63, 3.8) is 0 Å². The molecule has 0 aromatic rings. The van der Waals surface area contributed by atoms with Crippen LogP contribution in [0, 0.1) is 0 Å². The average Bonchev–Trinajstić information content (AvgIpc) is 2.53. The summed E-state index contributed by atoms with van der Waals surface area (Å²) < 4.78 is 0. The van der Waals surface area contributed by atoms with Gasteiger partial charge in [-0.05, 0) is 19.3 Å². The summed E-state index contributed by atoms with van der Waals surface area (Å²) in [6, 6.07) is -0.920. The van der Waals surface area contributed by atoms with Crippen LogP contribution in [0.3, 0.4) is 0 Å². The molecule has 0 aliphatic carbocycles. The Morgan fingerprint density at radius 2 is 1.75 bits per heavy atom. The highest BCUT2D eigenvalue weighted by molar-refractivity contribution is 5.78. The Labute approximate surface area is 95.6 Å². The van der Waals surface area contributed by atoms with Gasteiger partial charge in [-0.1, -0.05) is 12.8 Å². The van der Waals surface area contributed by atoms with Gasteiger partial charge in [0, 0.05) is 19.5 Å². The predicted octanol–water partition coefficient (Wildman–Crippen LogP) is 0.581. The van der Waals surface area contributed by atoms with Crippen LogP contribution in [0.15, 0.2) is 0 Å². The van der Waals surface area contributed by atoms with E-state index in [4.69, 9.17) is 10.8 Å². The van der Waals surface area contributed by atoms with Gasteiger partial charge in [0.05, 0.1) is 0 Å². The lowest BCUT2D eigenvalue weighted by Gasteiger charge is -2.20. The number of carboxylic acids is 1. The van der Waals surface area contributed by atoms with Crippen molar-refractivity contribution in [1.82, 2.24) is 4.90 Å². The standard InChI is InChI=1S/C11H20N2O3/c12-9(11(15)16)5-6-10(14)13-7-3-1-2-4-8-13/h9H,1-8,12H2,(H,15,16)/t9-/m0/s1. The second-order valence-electron chi connectivity index (χ2n) is 4.28. The van der Waals surface area contributed by atoms with Gasteiger partial charge in [-0.25, -0.2) is 0 Å². The van der Waals surface area contributed by atoms with Gasteiger partial charge in [0.1, 0.15) is 6.04 Å². The van der Waals surface area contributed by atoms with Crippen LogP contribution in [-0.2, 0) is 9.59 Å². The molecule has 0 saturated carbocycles. The van der Waals surface area contributed by atoms with Crippen LogP contribution >= 0.6 is 0 Å². The maximum absolute atomic E-state index is 11.8. The number of nitrogens with two attached hydrogens (primary N) is 1. The zero-order valence-corrected chi connectivity index (χ0v) is 9.52. The van der Waals surface area contributed by atoms with Gasteiger partial charge in [0.2, 0.25) is 5.91 Å². The average molecular weight is 228 g/mol. The smallest absolute Gasteiger partial charge is 0.320 e. The number of rotatable bonds is 4. The van der Waals surface area contributed by atoms with Crippen molar-refractivity contribution in [2.75, 3.05) is 13.1 Å². The second kappa shape index (κ2) is 6.48. The van der Waals surface area contributed by atoms with Crippen molar-refractivity contribution >= 4 is 11.9 Å². The summed E-state index contributed by atoms with van der Waals surface area (Å²) in [7, 11) is 0. The molecule has 92 valence electrons. The molecule has 0 spiro atoms. The number of nitrogens with zero attached hydrogens (tertiary/aromatic N) is 1. The fourth-order valence-electron chi connectivity index (χ4n) is 1.88. The first kappa shape index (κ1) is 13.0. The third kappa shape index (κ3) is 4.18. The minimum Gasteiger partial charge on any atom is -0.480 e.